The summed E-state index contributed by atoms with van der Waals surface area (Å²) >= 11 is 0. The van der Waals surface area contributed by atoms with Crippen LogP contribution >= 0.6 is 0 Å². The van der Waals surface area contributed by atoms with E-state index in [9.17, 15) is 18.8 Å². The summed E-state index contributed by atoms with van der Waals surface area (Å²) in [7, 11) is 1.78. The number of nitriles is 1. The Morgan fingerprint density at radius 2 is 1.87 bits per heavy atom. The van der Waals surface area contributed by atoms with E-state index in [1.54, 1.807) is 43.1 Å². The van der Waals surface area contributed by atoms with E-state index < -0.39 is 29.6 Å². The monoisotopic (exact) mass is 412 g/mol. The number of rotatable bonds is 6. The summed E-state index contributed by atoms with van der Waals surface area (Å²) < 4.78 is 37.6. The SMILES string of the molecule is CCOC(=O)C1C(c2ccc(Oc3ccc(F)cc3F)cc2)C(C#N)=C(CC)N1C. The van der Waals surface area contributed by atoms with Crippen molar-refractivity contribution in [1.29, 1.82) is 5.26 Å². The lowest BCUT2D eigenvalue weighted by molar-refractivity contribution is -0.148. The second-order valence-corrected chi connectivity index (χ2v) is 6.86. The molecule has 0 saturated carbocycles. The van der Waals surface area contributed by atoms with Crippen molar-refractivity contribution in [3.05, 3.63) is 70.9 Å². The average Bonchev–Trinajstić information content (AvgIpc) is 3.02. The maximum absolute atomic E-state index is 13.8. The third-order valence-electron chi connectivity index (χ3n) is 5.13. The Balaban J connectivity index is 1.92. The zero-order chi connectivity index (χ0) is 21.8. The Morgan fingerprint density at radius 3 is 2.43 bits per heavy atom. The number of hydrogen-bond acceptors (Lipinski definition) is 5. The number of halogens is 2. The zero-order valence-electron chi connectivity index (χ0n) is 17.0. The average molecular weight is 412 g/mol. The van der Waals surface area contributed by atoms with Crippen molar-refractivity contribution in [2.75, 3.05) is 13.7 Å². The number of ether oxygens (including phenoxy) is 2. The largest absolute Gasteiger partial charge is 0.464 e. The first-order valence-electron chi connectivity index (χ1n) is 9.66. The van der Waals surface area contributed by atoms with Crippen molar-refractivity contribution < 1.29 is 23.0 Å². The molecule has 1 aliphatic rings. The molecular formula is C23H22F2N2O3. The molecule has 0 spiro atoms. The molecule has 3 rings (SSSR count). The number of allylic oxidation sites excluding steroid dienone is 1. The minimum Gasteiger partial charge on any atom is -0.464 e. The third-order valence-corrected chi connectivity index (χ3v) is 5.13. The van der Waals surface area contributed by atoms with E-state index in [1.807, 2.05) is 6.92 Å². The number of nitrogens with zero attached hydrogens (tertiary/aromatic N) is 2. The molecule has 0 saturated heterocycles. The van der Waals surface area contributed by atoms with E-state index in [1.165, 1.54) is 6.07 Å². The number of esters is 1. The minimum absolute atomic E-state index is 0.0972. The molecule has 0 amide bonds. The molecule has 2 aromatic rings. The smallest absolute Gasteiger partial charge is 0.329 e. The molecule has 7 heteroatoms. The summed E-state index contributed by atoms with van der Waals surface area (Å²) in [6.45, 7) is 3.92. The van der Waals surface area contributed by atoms with E-state index >= 15 is 0 Å². The van der Waals surface area contributed by atoms with Crippen LogP contribution in [0.5, 0.6) is 11.5 Å². The van der Waals surface area contributed by atoms with Crippen molar-refractivity contribution in [3.63, 3.8) is 0 Å². The molecule has 2 atom stereocenters. The molecule has 30 heavy (non-hydrogen) atoms. The van der Waals surface area contributed by atoms with Crippen molar-refractivity contribution in [1.82, 2.24) is 4.90 Å². The molecule has 0 radical (unpaired) electrons. The van der Waals surface area contributed by atoms with E-state index in [0.29, 0.717) is 17.7 Å². The Bertz CT molecular complexity index is 1010. The zero-order valence-corrected chi connectivity index (χ0v) is 17.0. The molecule has 1 aliphatic heterocycles. The third kappa shape index (κ3) is 3.99. The Hall–Kier alpha value is -3.40. The summed E-state index contributed by atoms with van der Waals surface area (Å²) in [6.07, 6.45) is 0.608. The first-order chi connectivity index (χ1) is 14.4. The summed E-state index contributed by atoms with van der Waals surface area (Å²) in [4.78, 5) is 14.4. The van der Waals surface area contributed by atoms with Gasteiger partial charge in [-0.3, -0.25) is 0 Å². The van der Waals surface area contributed by atoms with Crippen LogP contribution in [0.4, 0.5) is 8.78 Å². The Morgan fingerprint density at radius 1 is 1.17 bits per heavy atom. The van der Waals surface area contributed by atoms with Gasteiger partial charge in [0.25, 0.3) is 0 Å². The molecule has 0 fully saturated rings. The normalized spacial score (nSPS) is 18.3. The Labute approximate surface area is 174 Å². The predicted molar refractivity (Wildman–Crippen MR) is 107 cm³/mol. The van der Waals surface area contributed by atoms with Gasteiger partial charge in [0.2, 0.25) is 0 Å². The van der Waals surface area contributed by atoms with Gasteiger partial charge in [-0.1, -0.05) is 19.1 Å². The predicted octanol–water partition coefficient (Wildman–Crippen LogP) is 4.91. The minimum atomic E-state index is -0.804. The summed E-state index contributed by atoms with van der Waals surface area (Å²) in [6, 6.07) is 11.4. The Kier molecular flexibility index (Phi) is 6.36. The molecule has 0 N–H and O–H groups in total. The van der Waals surface area contributed by atoms with Crippen LogP contribution in [0.2, 0.25) is 0 Å². The fourth-order valence-electron chi connectivity index (χ4n) is 3.79. The lowest BCUT2D eigenvalue weighted by Crippen LogP contribution is -2.39. The van der Waals surface area contributed by atoms with Gasteiger partial charge in [-0.15, -0.1) is 0 Å². The van der Waals surface area contributed by atoms with Gasteiger partial charge < -0.3 is 14.4 Å². The van der Waals surface area contributed by atoms with Gasteiger partial charge in [-0.2, -0.15) is 5.26 Å². The molecule has 5 nitrogen and oxygen atoms in total. The van der Waals surface area contributed by atoms with Crippen LogP contribution in [-0.2, 0) is 9.53 Å². The van der Waals surface area contributed by atoms with Gasteiger partial charge in [-0.05, 0) is 43.2 Å². The maximum atomic E-state index is 13.8. The number of carbonyl (C=O) groups is 1. The van der Waals surface area contributed by atoms with E-state index in [4.69, 9.17) is 9.47 Å². The van der Waals surface area contributed by atoms with Gasteiger partial charge in [0, 0.05) is 18.8 Å². The first-order valence-corrected chi connectivity index (χ1v) is 9.66. The van der Waals surface area contributed by atoms with Crippen molar-refractivity contribution in [3.8, 4) is 17.6 Å². The van der Waals surface area contributed by atoms with Crippen LogP contribution in [0.1, 0.15) is 31.7 Å². The highest BCUT2D eigenvalue weighted by Crippen LogP contribution is 2.42. The van der Waals surface area contributed by atoms with Crippen LogP contribution in [-0.4, -0.2) is 30.6 Å². The first kappa shape index (κ1) is 21.3. The topological polar surface area (TPSA) is 62.6 Å². The van der Waals surface area contributed by atoms with Crippen molar-refractivity contribution >= 4 is 5.97 Å². The fourth-order valence-corrected chi connectivity index (χ4v) is 3.79. The number of benzene rings is 2. The van der Waals surface area contributed by atoms with E-state index in [0.717, 1.165) is 23.4 Å². The second kappa shape index (κ2) is 8.95. The number of carbonyl (C=O) groups excluding carboxylic acids is 1. The summed E-state index contributed by atoms with van der Waals surface area (Å²) in [5.74, 6) is -2.11. The quantitative estimate of drug-likeness (QED) is 0.631. The standard InChI is InChI=1S/C23H22F2N2O3/c1-4-19-17(13-26)21(22(27(19)3)23(28)29-5-2)14-6-9-16(10-7-14)30-20-11-8-15(24)12-18(20)25/h6-12,21-22H,4-5H2,1-3H3. The lowest BCUT2D eigenvalue weighted by atomic mass is 9.87. The van der Waals surface area contributed by atoms with Crippen LogP contribution in [0.25, 0.3) is 0 Å². The van der Waals surface area contributed by atoms with Gasteiger partial charge in [0.05, 0.1) is 24.2 Å². The fraction of sp³-hybridized carbons (Fsp3) is 0.304. The van der Waals surface area contributed by atoms with Crippen molar-refractivity contribution in [2.45, 2.75) is 32.2 Å². The van der Waals surface area contributed by atoms with Gasteiger partial charge in [0.1, 0.15) is 17.6 Å². The summed E-state index contributed by atoms with van der Waals surface area (Å²) in [5.41, 5.74) is 2.07. The van der Waals surface area contributed by atoms with Crippen LogP contribution in [0.15, 0.2) is 53.7 Å². The van der Waals surface area contributed by atoms with Gasteiger partial charge in [-0.25, -0.2) is 13.6 Å². The second-order valence-electron chi connectivity index (χ2n) is 6.86. The lowest BCUT2D eigenvalue weighted by Gasteiger charge is -2.27. The van der Waals surface area contributed by atoms with Gasteiger partial charge in [0.15, 0.2) is 11.6 Å². The molecular weight excluding hydrogens is 390 g/mol. The molecule has 0 aliphatic carbocycles. The van der Waals surface area contributed by atoms with Crippen LogP contribution < -0.4 is 4.74 Å². The summed E-state index contributed by atoms with van der Waals surface area (Å²) in [5, 5.41) is 9.77. The maximum Gasteiger partial charge on any atom is 0.329 e. The van der Waals surface area contributed by atoms with Gasteiger partial charge >= 0.3 is 5.97 Å². The highest BCUT2D eigenvalue weighted by Gasteiger charge is 2.44. The highest BCUT2D eigenvalue weighted by atomic mass is 19.1. The highest BCUT2D eigenvalue weighted by molar-refractivity contribution is 5.80. The van der Waals surface area contributed by atoms with Crippen LogP contribution in [0.3, 0.4) is 0 Å². The molecule has 156 valence electrons. The molecule has 2 aromatic carbocycles. The molecule has 0 aromatic heterocycles. The molecule has 1 heterocycles. The molecule has 2 unspecified atom stereocenters. The van der Waals surface area contributed by atoms with E-state index in [2.05, 4.69) is 6.07 Å². The van der Waals surface area contributed by atoms with Crippen molar-refractivity contribution in [2.24, 2.45) is 0 Å². The van der Waals surface area contributed by atoms with Crippen LogP contribution in [0, 0.1) is 23.0 Å². The molecule has 0 bridgehead atoms. The number of likely N-dealkylation sites (N-methyl/N-ethyl adjacent to an activating group) is 1. The van der Waals surface area contributed by atoms with E-state index in [-0.39, 0.29) is 12.4 Å². The number of hydrogen-bond donors (Lipinski definition) is 0.